The third-order valence-corrected chi connectivity index (χ3v) is 4.41. The largest absolute Gasteiger partial charge is 0.375 e. The SMILES string of the molecule is CN(CCCNC(=O)CSc1ccc(Cl)cn1)c1ccccc1. The number of pyridine rings is 1. The average molecular weight is 350 g/mol. The van der Waals surface area contributed by atoms with Crippen LogP contribution >= 0.6 is 23.4 Å². The Hall–Kier alpha value is -1.72. The molecule has 0 saturated heterocycles. The number of hydrogen-bond donors (Lipinski definition) is 1. The number of anilines is 1. The van der Waals surface area contributed by atoms with Gasteiger partial charge in [0.1, 0.15) is 0 Å². The molecule has 0 bridgehead atoms. The van der Waals surface area contributed by atoms with Crippen molar-refractivity contribution in [1.82, 2.24) is 10.3 Å². The summed E-state index contributed by atoms with van der Waals surface area (Å²) in [6.07, 6.45) is 2.49. The number of nitrogens with zero attached hydrogens (tertiary/aromatic N) is 2. The minimum atomic E-state index is 0.0223. The number of para-hydroxylation sites is 1. The van der Waals surface area contributed by atoms with Gasteiger partial charge in [-0.05, 0) is 30.7 Å². The van der Waals surface area contributed by atoms with Crippen LogP contribution in [0.15, 0.2) is 53.7 Å². The molecule has 122 valence electrons. The molecule has 4 nitrogen and oxygen atoms in total. The smallest absolute Gasteiger partial charge is 0.230 e. The highest BCUT2D eigenvalue weighted by Gasteiger charge is 2.04. The van der Waals surface area contributed by atoms with E-state index in [2.05, 4.69) is 34.4 Å². The third-order valence-electron chi connectivity index (χ3n) is 3.24. The first kappa shape index (κ1) is 17.6. The van der Waals surface area contributed by atoms with Gasteiger partial charge in [-0.15, -0.1) is 0 Å². The highest BCUT2D eigenvalue weighted by atomic mass is 35.5. The maximum Gasteiger partial charge on any atom is 0.230 e. The zero-order valence-corrected chi connectivity index (χ0v) is 14.6. The van der Waals surface area contributed by atoms with E-state index in [-0.39, 0.29) is 5.91 Å². The lowest BCUT2D eigenvalue weighted by molar-refractivity contribution is -0.118. The van der Waals surface area contributed by atoms with E-state index in [1.807, 2.05) is 24.3 Å². The Morgan fingerprint density at radius 2 is 2.04 bits per heavy atom. The van der Waals surface area contributed by atoms with Crippen molar-refractivity contribution in [3.05, 3.63) is 53.7 Å². The molecule has 0 radical (unpaired) electrons. The van der Waals surface area contributed by atoms with Gasteiger partial charge in [-0.3, -0.25) is 4.79 Å². The Balaban J connectivity index is 1.60. The van der Waals surface area contributed by atoms with Crippen molar-refractivity contribution in [3.8, 4) is 0 Å². The maximum atomic E-state index is 11.8. The first-order valence-electron chi connectivity index (χ1n) is 7.42. The third kappa shape index (κ3) is 6.50. The number of thioether (sulfide) groups is 1. The number of halogens is 1. The van der Waals surface area contributed by atoms with E-state index >= 15 is 0 Å². The minimum absolute atomic E-state index is 0.0223. The van der Waals surface area contributed by atoms with Crippen molar-refractivity contribution in [3.63, 3.8) is 0 Å². The molecular formula is C17H20ClN3OS. The summed E-state index contributed by atoms with van der Waals surface area (Å²) in [5.74, 6) is 0.387. The second-order valence-corrected chi connectivity index (χ2v) is 6.50. The lowest BCUT2D eigenvalue weighted by Crippen LogP contribution is -2.29. The van der Waals surface area contributed by atoms with Crippen LogP contribution in [0, 0.1) is 0 Å². The van der Waals surface area contributed by atoms with Crippen molar-refractivity contribution in [2.24, 2.45) is 0 Å². The van der Waals surface area contributed by atoms with Crippen LogP contribution in [0.5, 0.6) is 0 Å². The fraction of sp³-hybridized carbons (Fsp3) is 0.294. The Morgan fingerprint density at radius 3 is 2.74 bits per heavy atom. The van der Waals surface area contributed by atoms with Crippen molar-refractivity contribution in [2.75, 3.05) is 30.8 Å². The van der Waals surface area contributed by atoms with Gasteiger partial charge in [-0.1, -0.05) is 41.6 Å². The summed E-state index contributed by atoms with van der Waals surface area (Å²) in [4.78, 5) is 18.1. The molecule has 2 aromatic rings. The zero-order chi connectivity index (χ0) is 16.5. The summed E-state index contributed by atoms with van der Waals surface area (Å²) in [6, 6.07) is 13.8. The highest BCUT2D eigenvalue weighted by molar-refractivity contribution is 7.99. The van der Waals surface area contributed by atoms with Crippen molar-refractivity contribution in [2.45, 2.75) is 11.4 Å². The van der Waals surface area contributed by atoms with Gasteiger partial charge in [0.05, 0.1) is 15.8 Å². The molecule has 0 saturated carbocycles. The Morgan fingerprint density at radius 1 is 1.26 bits per heavy atom. The molecular weight excluding hydrogens is 330 g/mol. The maximum absolute atomic E-state index is 11.8. The van der Waals surface area contributed by atoms with Crippen molar-refractivity contribution >= 4 is 35.0 Å². The van der Waals surface area contributed by atoms with Gasteiger partial charge >= 0.3 is 0 Å². The number of nitrogens with one attached hydrogen (secondary N) is 1. The number of aromatic nitrogens is 1. The highest BCUT2D eigenvalue weighted by Crippen LogP contribution is 2.16. The molecule has 1 heterocycles. The topological polar surface area (TPSA) is 45.2 Å². The lowest BCUT2D eigenvalue weighted by Gasteiger charge is -2.19. The molecule has 1 N–H and O–H groups in total. The van der Waals surface area contributed by atoms with Crippen LogP contribution in [0.4, 0.5) is 5.69 Å². The van der Waals surface area contributed by atoms with E-state index < -0.39 is 0 Å². The van der Waals surface area contributed by atoms with Crippen LogP contribution in [0.25, 0.3) is 0 Å². The summed E-state index contributed by atoms with van der Waals surface area (Å²) in [6.45, 7) is 1.57. The van der Waals surface area contributed by atoms with E-state index in [1.165, 1.54) is 17.4 Å². The van der Waals surface area contributed by atoms with Gasteiger partial charge in [0.2, 0.25) is 5.91 Å². The Labute approximate surface area is 146 Å². The standard InChI is InChI=1S/C17H20ClN3OS/c1-21(15-6-3-2-4-7-15)11-5-10-19-16(22)13-23-17-9-8-14(18)12-20-17/h2-4,6-9,12H,5,10-11,13H2,1H3,(H,19,22). The molecule has 1 aromatic carbocycles. The van der Waals surface area contributed by atoms with Gasteiger partial charge in [-0.2, -0.15) is 0 Å². The normalized spacial score (nSPS) is 10.3. The van der Waals surface area contributed by atoms with E-state index in [0.29, 0.717) is 17.3 Å². The molecule has 0 aliphatic carbocycles. The molecule has 0 atom stereocenters. The number of benzene rings is 1. The molecule has 0 fully saturated rings. The van der Waals surface area contributed by atoms with Crippen LogP contribution in [0.2, 0.25) is 5.02 Å². The quantitative estimate of drug-likeness (QED) is 0.585. The number of rotatable bonds is 8. The summed E-state index contributed by atoms with van der Waals surface area (Å²) >= 11 is 7.18. The number of hydrogen-bond acceptors (Lipinski definition) is 4. The van der Waals surface area contributed by atoms with Crippen molar-refractivity contribution in [1.29, 1.82) is 0 Å². The molecule has 2 rings (SSSR count). The number of amides is 1. The van der Waals surface area contributed by atoms with Gasteiger partial charge in [0.25, 0.3) is 0 Å². The molecule has 1 amide bonds. The average Bonchev–Trinajstić information content (AvgIpc) is 2.59. The fourth-order valence-corrected chi connectivity index (χ4v) is 2.78. The van der Waals surface area contributed by atoms with Gasteiger partial charge in [0, 0.05) is 32.0 Å². The molecule has 6 heteroatoms. The molecule has 1 aromatic heterocycles. The first-order valence-corrected chi connectivity index (χ1v) is 8.79. The van der Waals surface area contributed by atoms with E-state index in [1.54, 1.807) is 12.3 Å². The molecule has 0 unspecified atom stereocenters. The van der Waals surface area contributed by atoms with Gasteiger partial charge in [-0.25, -0.2) is 4.98 Å². The Bertz CT molecular complexity index is 607. The first-order chi connectivity index (χ1) is 11.1. The van der Waals surface area contributed by atoms with Crippen LogP contribution in [-0.4, -0.2) is 36.8 Å². The van der Waals surface area contributed by atoms with Crippen LogP contribution in [0.3, 0.4) is 0 Å². The van der Waals surface area contributed by atoms with Crippen LogP contribution in [-0.2, 0) is 4.79 Å². The van der Waals surface area contributed by atoms with Gasteiger partial charge in [0.15, 0.2) is 0 Å². The predicted molar refractivity (Wildman–Crippen MR) is 97.3 cm³/mol. The summed E-state index contributed by atoms with van der Waals surface area (Å²) in [5.41, 5.74) is 1.18. The van der Waals surface area contributed by atoms with Crippen LogP contribution < -0.4 is 10.2 Å². The van der Waals surface area contributed by atoms with Crippen molar-refractivity contribution < 1.29 is 4.79 Å². The minimum Gasteiger partial charge on any atom is -0.375 e. The van der Waals surface area contributed by atoms with Gasteiger partial charge < -0.3 is 10.2 Å². The second kappa shape index (κ2) is 9.43. The monoisotopic (exact) mass is 349 g/mol. The lowest BCUT2D eigenvalue weighted by atomic mass is 10.3. The summed E-state index contributed by atoms with van der Waals surface area (Å²) < 4.78 is 0. The fourth-order valence-electron chi connectivity index (χ4n) is 1.99. The molecule has 0 aliphatic rings. The molecule has 0 aliphatic heterocycles. The molecule has 0 spiro atoms. The summed E-state index contributed by atoms with van der Waals surface area (Å²) in [5, 5.41) is 4.33. The van der Waals surface area contributed by atoms with E-state index in [4.69, 9.17) is 11.6 Å². The summed E-state index contributed by atoms with van der Waals surface area (Å²) in [7, 11) is 2.05. The molecule has 23 heavy (non-hydrogen) atoms. The second-order valence-electron chi connectivity index (χ2n) is 5.06. The van der Waals surface area contributed by atoms with Crippen LogP contribution in [0.1, 0.15) is 6.42 Å². The predicted octanol–water partition coefficient (Wildman–Crippen LogP) is 3.47. The number of carbonyl (C=O) groups is 1. The number of carbonyl (C=O) groups excluding carboxylic acids is 1. The van der Waals surface area contributed by atoms with E-state index in [0.717, 1.165) is 18.0 Å². The Kier molecular flexibility index (Phi) is 7.23. The van der Waals surface area contributed by atoms with E-state index in [9.17, 15) is 4.79 Å². The zero-order valence-electron chi connectivity index (χ0n) is 13.0.